The van der Waals surface area contributed by atoms with Crippen molar-refractivity contribution in [2.24, 2.45) is 0 Å². The standard InChI is InChI=1S/C24H20N2O10/c27-7-9-35-23(33)13-1-3-15-17(11-13)21(31)25(19(15)29)5-6-26-20(30)16-4-2-14(12-18(16)22(26)32)24(34)36-10-8-28/h1-4,11-12,27-28H,5-10H2. The van der Waals surface area contributed by atoms with Crippen molar-refractivity contribution >= 4 is 35.6 Å². The molecule has 0 atom stereocenters. The van der Waals surface area contributed by atoms with Gasteiger partial charge in [0.1, 0.15) is 13.2 Å². The fourth-order valence-electron chi connectivity index (χ4n) is 3.88. The van der Waals surface area contributed by atoms with Crippen LogP contribution in [0.2, 0.25) is 0 Å². The van der Waals surface area contributed by atoms with Crippen LogP contribution >= 0.6 is 0 Å². The van der Waals surface area contributed by atoms with E-state index in [9.17, 15) is 28.8 Å². The quantitative estimate of drug-likeness (QED) is 0.353. The molecule has 4 rings (SSSR count). The van der Waals surface area contributed by atoms with Gasteiger partial charge in [0.25, 0.3) is 23.6 Å². The second-order valence-corrected chi connectivity index (χ2v) is 7.76. The number of nitrogens with zero attached hydrogens (tertiary/aromatic N) is 2. The third-order valence-electron chi connectivity index (χ3n) is 5.61. The lowest BCUT2D eigenvalue weighted by molar-refractivity contribution is 0.0426. The van der Waals surface area contributed by atoms with Gasteiger partial charge in [0, 0.05) is 13.1 Å². The summed E-state index contributed by atoms with van der Waals surface area (Å²) in [7, 11) is 0. The monoisotopic (exact) mass is 496 g/mol. The Bertz CT molecular complexity index is 1200. The number of amides is 4. The Hall–Kier alpha value is -4.42. The van der Waals surface area contributed by atoms with Gasteiger partial charge in [0.2, 0.25) is 0 Å². The second-order valence-electron chi connectivity index (χ2n) is 7.76. The topological polar surface area (TPSA) is 168 Å². The Labute approximate surface area is 203 Å². The molecule has 0 radical (unpaired) electrons. The molecule has 2 aromatic rings. The summed E-state index contributed by atoms with van der Waals surface area (Å²) in [6.07, 6.45) is 0. The zero-order valence-corrected chi connectivity index (χ0v) is 18.8. The Morgan fingerprint density at radius 2 is 0.972 bits per heavy atom. The van der Waals surface area contributed by atoms with Gasteiger partial charge in [-0.05, 0) is 36.4 Å². The lowest BCUT2D eigenvalue weighted by atomic mass is 10.1. The molecule has 2 heterocycles. The molecule has 2 aromatic carbocycles. The highest BCUT2D eigenvalue weighted by atomic mass is 16.5. The molecule has 0 aromatic heterocycles. The van der Waals surface area contributed by atoms with E-state index in [0.29, 0.717) is 0 Å². The second kappa shape index (κ2) is 10.1. The maximum Gasteiger partial charge on any atom is 0.338 e. The van der Waals surface area contributed by atoms with Crippen molar-refractivity contribution in [2.75, 3.05) is 39.5 Å². The number of aliphatic hydroxyl groups excluding tert-OH is 2. The van der Waals surface area contributed by atoms with E-state index in [2.05, 4.69) is 0 Å². The number of fused-ring (bicyclic) bond motifs is 2. The summed E-state index contributed by atoms with van der Waals surface area (Å²) in [5.41, 5.74) is 0.135. The molecule has 0 aliphatic carbocycles. The minimum atomic E-state index is -0.767. The van der Waals surface area contributed by atoms with Crippen molar-refractivity contribution in [1.29, 1.82) is 0 Å². The number of rotatable bonds is 9. The van der Waals surface area contributed by atoms with E-state index in [1.807, 2.05) is 0 Å². The van der Waals surface area contributed by atoms with Gasteiger partial charge in [-0.1, -0.05) is 0 Å². The van der Waals surface area contributed by atoms with E-state index in [1.54, 1.807) is 0 Å². The van der Waals surface area contributed by atoms with Crippen LogP contribution in [0.25, 0.3) is 0 Å². The number of hydrogen-bond acceptors (Lipinski definition) is 10. The average Bonchev–Trinajstić information content (AvgIpc) is 3.27. The van der Waals surface area contributed by atoms with Gasteiger partial charge < -0.3 is 19.7 Å². The first-order chi connectivity index (χ1) is 17.3. The largest absolute Gasteiger partial charge is 0.460 e. The Kier molecular flexibility index (Phi) is 6.90. The lowest BCUT2D eigenvalue weighted by Crippen LogP contribution is -2.40. The number of ether oxygens (including phenoxy) is 2. The Morgan fingerprint density at radius 1 is 0.611 bits per heavy atom. The minimum absolute atomic E-state index is 0.0214. The van der Waals surface area contributed by atoms with Crippen molar-refractivity contribution in [2.45, 2.75) is 0 Å². The normalized spacial score (nSPS) is 14.3. The molecule has 0 fully saturated rings. The summed E-state index contributed by atoms with van der Waals surface area (Å²) in [6, 6.07) is 7.69. The van der Waals surface area contributed by atoms with E-state index < -0.39 is 35.6 Å². The first-order valence-electron chi connectivity index (χ1n) is 10.8. The van der Waals surface area contributed by atoms with Gasteiger partial charge >= 0.3 is 11.9 Å². The smallest absolute Gasteiger partial charge is 0.338 e. The SMILES string of the molecule is O=C(OCCO)c1ccc2c(c1)C(=O)N(CCN1C(=O)c3ccc(C(=O)OCCO)cc3C1=O)C2=O. The first kappa shape index (κ1) is 24.7. The van der Waals surface area contributed by atoms with Crippen molar-refractivity contribution in [3.63, 3.8) is 0 Å². The van der Waals surface area contributed by atoms with E-state index in [4.69, 9.17) is 19.7 Å². The Morgan fingerprint density at radius 3 is 1.33 bits per heavy atom. The summed E-state index contributed by atoms with van der Waals surface area (Å²) in [6.45, 7) is -1.74. The van der Waals surface area contributed by atoms with Crippen LogP contribution < -0.4 is 0 Å². The van der Waals surface area contributed by atoms with Crippen LogP contribution in [-0.4, -0.2) is 95.1 Å². The summed E-state index contributed by atoms with van der Waals surface area (Å²) in [5.74, 6) is -4.21. The average molecular weight is 496 g/mol. The van der Waals surface area contributed by atoms with Gasteiger partial charge in [-0.3, -0.25) is 29.0 Å². The summed E-state index contributed by atoms with van der Waals surface area (Å²) < 4.78 is 9.63. The van der Waals surface area contributed by atoms with Gasteiger partial charge in [-0.25, -0.2) is 9.59 Å². The van der Waals surface area contributed by atoms with Crippen LogP contribution in [0.3, 0.4) is 0 Å². The molecule has 12 heteroatoms. The molecule has 2 aliphatic rings. The van der Waals surface area contributed by atoms with Gasteiger partial charge in [-0.2, -0.15) is 0 Å². The highest BCUT2D eigenvalue weighted by Gasteiger charge is 2.40. The molecule has 186 valence electrons. The van der Waals surface area contributed by atoms with Crippen LogP contribution in [0.5, 0.6) is 0 Å². The predicted molar refractivity (Wildman–Crippen MR) is 118 cm³/mol. The number of aliphatic hydroxyl groups is 2. The molecule has 4 amide bonds. The molecule has 0 bridgehead atoms. The van der Waals surface area contributed by atoms with Crippen molar-refractivity contribution in [3.05, 3.63) is 69.8 Å². The van der Waals surface area contributed by atoms with Crippen LogP contribution in [0, 0.1) is 0 Å². The molecule has 0 unspecified atom stereocenters. The maximum absolute atomic E-state index is 12.8. The van der Waals surface area contributed by atoms with Crippen LogP contribution in [0.1, 0.15) is 62.1 Å². The third-order valence-corrected chi connectivity index (χ3v) is 5.61. The molecule has 0 saturated carbocycles. The zero-order valence-electron chi connectivity index (χ0n) is 18.8. The molecule has 12 nitrogen and oxygen atoms in total. The number of benzene rings is 2. The first-order valence-corrected chi connectivity index (χ1v) is 10.8. The Balaban J connectivity index is 1.46. The van der Waals surface area contributed by atoms with Gasteiger partial charge in [-0.15, -0.1) is 0 Å². The van der Waals surface area contributed by atoms with E-state index in [0.717, 1.165) is 9.80 Å². The highest BCUT2D eigenvalue weighted by molar-refractivity contribution is 6.23. The molecule has 2 aliphatic heterocycles. The van der Waals surface area contributed by atoms with Crippen molar-refractivity contribution in [3.8, 4) is 0 Å². The van der Waals surface area contributed by atoms with E-state index >= 15 is 0 Å². The molecular formula is C24H20N2O10. The maximum atomic E-state index is 12.8. The number of carbonyl (C=O) groups is 6. The number of hydrogen-bond donors (Lipinski definition) is 2. The fourth-order valence-corrected chi connectivity index (χ4v) is 3.88. The minimum Gasteiger partial charge on any atom is -0.460 e. The van der Waals surface area contributed by atoms with Crippen LogP contribution in [0.15, 0.2) is 36.4 Å². The highest BCUT2D eigenvalue weighted by Crippen LogP contribution is 2.27. The third kappa shape index (κ3) is 4.34. The number of esters is 2. The van der Waals surface area contributed by atoms with Crippen LogP contribution in [-0.2, 0) is 9.47 Å². The summed E-state index contributed by atoms with van der Waals surface area (Å²) in [4.78, 5) is 76.9. The molecule has 2 N–H and O–H groups in total. The number of imide groups is 2. The van der Waals surface area contributed by atoms with Crippen molar-refractivity contribution < 1.29 is 48.5 Å². The zero-order chi connectivity index (χ0) is 26.0. The lowest BCUT2D eigenvalue weighted by Gasteiger charge is -2.18. The molecule has 36 heavy (non-hydrogen) atoms. The number of carbonyl (C=O) groups excluding carboxylic acids is 6. The van der Waals surface area contributed by atoms with Crippen LogP contribution in [0.4, 0.5) is 0 Å². The van der Waals surface area contributed by atoms with E-state index in [1.165, 1.54) is 36.4 Å². The fraction of sp³-hybridized carbons (Fsp3) is 0.250. The van der Waals surface area contributed by atoms with Gasteiger partial charge in [0.15, 0.2) is 0 Å². The molecule has 0 spiro atoms. The van der Waals surface area contributed by atoms with E-state index in [-0.39, 0.29) is 72.9 Å². The summed E-state index contributed by atoms with van der Waals surface area (Å²) >= 11 is 0. The molecule has 0 saturated heterocycles. The summed E-state index contributed by atoms with van der Waals surface area (Å²) in [5, 5.41) is 17.6. The van der Waals surface area contributed by atoms with Gasteiger partial charge in [0.05, 0.1) is 46.6 Å². The van der Waals surface area contributed by atoms with Crippen molar-refractivity contribution in [1.82, 2.24) is 9.80 Å². The predicted octanol–water partition coefficient (Wildman–Crippen LogP) is -0.123. The molecular weight excluding hydrogens is 476 g/mol.